The van der Waals surface area contributed by atoms with Gasteiger partial charge in [-0.05, 0) is 37.2 Å². The standard InChI is InChI=1S/C9H13N3/c1-4-11-9(12-5-1)8-2-6-10-7-3-8/h2-3,6-7,9,11-12H,1,4-5H2. The molecular weight excluding hydrogens is 150 g/mol. The molecule has 3 heteroatoms. The zero-order valence-corrected chi connectivity index (χ0v) is 6.96. The fraction of sp³-hybridized carbons (Fsp3) is 0.444. The molecule has 1 aliphatic rings. The Morgan fingerprint density at radius 1 is 1.17 bits per heavy atom. The van der Waals surface area contributed by atoms with Crippen molar-refractivity contribution in [1.29, 1.82) is 0 Å². The molecule has 0 aromatic carbocycles. The van der Waals surface area contributed by atoms with Crippen molar-refractivity contribution in [3.05, 3.63) is 30.1 Å². The third-order valence-electron chi connectivity index (χ3n) is 2.09. The van der Waals surface area contributed by atoms with Crippen molar-refractivity contribution >= 4 is 0 Å². The molecule has 3 nitrogen and oxygen atoms in total. The number of nitrogens with zero attached hydrogens (tertiary/aromatic N) is 1. The summed E-state index contributed by atoms with van der Waals surface area (Å²) in [5.41, 5.74) is 1.27. The Morgan fingerprint density at radius 2 is 1.83 bits per heavy atom. The molecular formula is C9H13N3. The molecule has 2 N–H and O–H groups in total. The summed E-state index contributed by atoms with van der Waals surface area (Å²) in [4.78, 5) is 3.98. The first-order valence-corrected chi connectivity index (χ1v) is 4.33. The lowest BCUT2D eigenvalue weighted by Gasteiger charge is -2.25. The summed E-state index contributed by atoms with van der Waals surface area (Å²) < 4.78 is 0. The van der Waals surface area contributed by atoms with Crippen LogP contribution in [0.3, 0.4) is 0 Å². The van der Waals surface area contributed by atoms with Gasteiger partial charge in [0.05, 0.1) is 6.17 Å². The number of aromatic nitrogens is 1. The van der Waals surface area contributed by atoms with Crippen LogP contribution in [0, 0.1) is 0 Å². The molecule has 1 aliphatic heterocycles. The van der Waals surface area contributed by atoms with E-state index in [1.54, 1.807) is 0 Å². The first-order chi connectivity index (χ1) is 5.97. The summed E-state index contributed by atoms with van der Waals surface area (Å²) >= 11 is 0. The third-order valence-corrected chi connectivity index (χ3v) is 2.09. The van der Waals surface area contributed by atoms with Crippen molar-refractivity contribution in [3.8, 4) is 0 Å². The maximum Gasteiger partial charge on any atom is 0.0836 e. The molecule has 0 aliphatic carbocycles. The molecule has 0 spiro atoms. The normalized spacial score (nSPS) is 19.3. The average Bonchev–Trinajstić information content (AvgIpc) is 2.21. The Morgan fingerprint density at radius 3 is 2.50 bits per heavy atom. The van der Waals surface area contributed by atoms with Gasteiger partial charge >= 0.3 is 0 Å². The van der Waals surface area contributed by atoms with E-state index in [-0.39, 0.29) is 0 Å². The predicted molar refractivity (Wildman–Crippen MR) is 47.6 cm³/mol. The summed E-state index contributed by atoms with van der Waals surface area (Å²) in [6.45, 7) is 2.19. The monoisotopic (exact) mass is 163 g/mol. The highest BCUT2D eigenvalue weighted by Crippen LogP contribution is 2.09. The number of rotatable bonds is 1. The zero-order chi connectivity index (χ0) is 8.23. The number of nitrogens with one attached hydrogen (secondary N) is 2. The molecule has 1 fully saturated rings. The van der Waals surface area contributed by atoms with Crippen molar-refractivity contribution in [2.45, 2.75) is 12.6 Å². The SMILES string of the molecule is c1cc(C2NCCCN2)ccn1. The quantitative estimate of drug-likeness (QED) is 0.638. The Balaban J connectivity index is 2.08. The molecule has 1 saturated heterocycles. The maximum absolute atomic E-state index is 3.98. The lowest BCUT2D eigenvalue weighted by molar-refractivity contribution is 0.380. The fourth-order valence-corrected chi connectivity index (χ4v) is 1.44. The van der Waals surface area contributed by atoms with Crippen LogP contribution < -0.4 is 10.6 Å². The molecule has 1 aromatic heterocycles. The summed E-state index contributed by atoms with van der Waals surface area (Å²) in [6, 6.07) is 4.08. The lowest BCUT2D eigenvalue weighted by Crippen LogP contribution is -2.41. The second-order valence-corrected chi connectivity index (χ2v) is 2.98. The topological polar surface area (TPSA) is 37.0 Å². The van der Waals surface area contributed by atoms with E-state index in [0.717, 1.165) is 13.1 Å². The lowest BCUT2D eigenvalue weighted by atomic mass is 10.2. The molecule has 64 valence electrons. The second-order valence-electron chi connectivity index (χ2n) is 2.98. The van der Waals surface area contributed by atoms with E-state index in [0.29, 0.717) is 6.17 Å². The van der Waals surface area contributed by atoms with Gasteiger partial charge in [-0.2, -0.15) is 0 Å². The Labute approximate surface area is 72.2 Å². The number of hydrogen-bond donors (Lipinski definition) is 2. The van der Waals surface area contributed by atoms with E-state index in [2.05, 4.69) is 15.6 Å². The molecule has 0 amide bonds. The molecule has 1 aromatic rings. The summed E-state index contributed by atoms with van der Waals surface area (Å²) in [5.74, 6) is 0. The van der Waals surface area contributed by atoms with Gasteiger partial charge in [-0.3, -0.25) is 15.6 Å². The summed E-state index contributed by atoms with van der Waals surface area (Å²) in [7, 11) is 0. The van der Waals surface area contributed by atoms with Gasteiger partial charge in [0.25, 0.3) is 0 Å². The van der Waals surface area contributed by atoms with Gasteiger partial charge in [0, 0.05) is 12.4 Å². The van der Waals surface area contributed by atoms with Crippen LogP contribution in [0.2, 0.25) is 0 Å². The van der Waals surface area contributed by atoms with E-state index < -0.39 is 0 Å². The van der Waals surface area contributed by atoms with Crippen LogP contribution in [0.4, 0.5) is 0 Å². The smallest absolute Gasteiger partial charge is 0.0836 e. The summed E-state index contributed by atoms with van der Waals surface area (Å²) in [5, 5.41) is 6.79. The minimum atomic E-state index is 0.321. The van der Waals surface area contributed by atoms with Crippen molar-refractivity contribution < 1.29 is 0 Å². The fourth-order valence-electron chi connectivity index (χ4n) is 1.44. The minimum absolute atomic E-state index is 0.321. The highest BCUT2D eigenvalue weighted by Gasteiger charge is 2.12. The molecule has 12 heavy (non-hydrogen) atoms. The Hall–Kier alpha value is -0.930. The van der Waals surface area contributed by atoms with Crippen molar-refractivity contribution in [3.63, 3.8) is 0 Å². The van der Waals surface area contributed by atoms with Gasteiger partial charge in [-0.25, -0.2) is 0 Å². The van der Waals surface area contributed by atoms with Gasteiger partial charge in [-0.1, -0.05) is 0 Å². The van der Waals surface area contributed by atoms with Crippen LogP contribution in [-0.4, -0.2) is 18.1 Å². The second kappa shape index (κ2) is 3.65. The van der Waals surface area contributed by atoms with Crippen LogP contribution in [0.5, 0.6) is 0 Å². The van der Waals surface area contributed by atoms with Crippen molar-refractivity contribution in [2.75, 3.05) is 13.1 Å². The first-order valence-electron chi connectivity index (χ1n) is 4.33. The molecule has 2 rings (SSSR count). The molecule has 0 unspecified atom stereocenters. The van der Waals surface area contributed by atoms with Crippen LogP contribution in [0.25, 0.3) is 0 Å². The predicted octanol–water partition coefficient (Wildman–Crippen LogP) is 0.663. The van der Waals surface area contributed by atoms with Crippen molar-refractivity contribution in [2.24, 2.45) is 0 Å². The first kappa shape index (κ1) is 7.71. The largest absolute Gasteiger partial charge is 0.298 e. The number of hydrogen-bond acceptors (Lipinski definition) is 3. The van der Waals surface area contributed by atoms with Gasteiger partial charge < -0.3 is 0 Å². The van der Waals surface area contributed by atoms with Gasteiger partial charge in [0.1, 0.15) is 0 Å². The minimum Gasteiger partial charge on any atom is -0.298 e. The van der Waals surface area contributed by atoms with E-state index in [1.165, 1.54) is 12.0 Å². The average molecular weight is 163 g/mol. The molecule has 0 bridgehead atoms. The van der Waals surface area contributed by atoms with Crippen LogP contribution >= 0.6 is 0 Å². The van der Waals surface area contributed by atoms with E-state index in [1.807, 2.05) is 24.5 Å². The zero-order valence-electron chi connectivity index (χ0n) is 6.96. The Kier molecular flexibility index (Phi) is 2.34. The van der Waals surface area contributed by atoms with Crippen LogP contribution in [0.15, 0.2) is 24.5 Å². The van der Waals surface area contributed by atoms with E-state index in [4.69, 9.17) is 0 Å². The summed E-state index contributed by atoms with van der Waals surface area (Å²) in [6.07, 6.45) is 5.18. The van der Waals surface area contributed by atoms with Crippen LogP contribution in [-0.2, 0) is 0 Å². The third kappa shape index (κ3) is 1.62. The van der Waals surface area contributed by atoms with Crippen molar-refractivity contribution in [1.82, 2.24) is 15.6 Å². The van der Waals surface area contributed by atoms with E-state index in [9.17, 15) is 0 Å². The highest BCUT2D eigenvalue weighted by molar-refractivity contribution is 5.14. The number of pyridine rings is 1. The Bertz CT molecular complexity index is 229. The molecule has 0 radical (unpaired) electrons. The van der Waals surface area contributed by atoms with Gasteiger partial charge in [-0.15, -0.1) is 0 Å². The molecule has 2 heterocycles. The van der Waals surface area contributed by atoms with Crippen LogP contribution in [0.1, 0.15) is 18.2 Å². The van der Waals surface area contributed by atoms with Gasteiger partial charge in [0.15, 0.2) is 0 Å². The van der Waals surface area contributed by atoms with Gasteiger partial charge in [0.2, 0.25) is 0 Å². The maximum atomic E-state index is 3.98. The molecule has 0 atom stereocenters. The highest BCUT2D eigenvalue weighted by atomic mass is 15.1. The van der Waals surface area contributed by atoms with E-state index >= 15 is 0 Å². The molecule has 0 saturated carbocycles.